The van der Waals surface area contributed by atoms with Gasteiger partial charge in [0.05, 0.1) is 11.9 Å². The number of ether oxygens (including phenoxy) is 1. The maximum Gasteiger partial charge on any atom is 0.0710 e. The average Bonchev–Trinajstić information content (AvgIpc) is 2.96. The van der Waals surface area contributed by atoms with Crippen LogP contribution in [-0.4, -0.2) is 35.4 Å². The Morgan fingerprint density at radius 1 is 1.25 bits per heavy atom. The van der Waals surface area contributed by atoms with Gasteiger partial charge in [-0.15, -0.1) is 0 Å². The fraction of sp³-hybridized carbons (Fsp3) is 0.467. The Morgan fingerprint density at radius 3 is 3.00 bits per heavy atom. The summed E-state index contributed by atoms with van der Waals surface area (Å²) in [5, 5.41) is 10.6. The Labute approximate surface area is 119 Å². The summed E-state index contributed by atoms with van der Waals surface area (Å²) in [6.07, 6.45) is 9.00. The van der Waals surface area contributed by atoms with Crippen LogP contribution in [0.3, 0.4) is 0 Å². The number of aromatic amines is 1. The molecule has 0 radical (unpaired) electrons. The zero-order valence-electron chi connectivity index (χ0n) is 11.9. The highest BCUT2D eigenvalue weighted by Gasteiger charge is 2.06. The summed E-state index contributed by atoms with van der Waals surface area (Å²) in [4.78, 5) is 4.14. The number of nitrogens with one attached hydrogen (secondary N) is 2. The van der Waals surface area contributed by atoms with Gasteiger partial charge in [-0.25, -0.2) is 0 Å². The normalized spacial score (nSPS) is 10.8. The smallest absolute Gasteiger partial charge is 0.0710 e. The van der Waals surface area contributed by atoms with Crippen LogP contribution in [0.25, 0.3) is 11.3 Å². The quantitative estimate of drug-likeness (QED) is 0.689. The van der Waals surface area contributed by atoms with Crippen LogP contribution in [0.4, 0.5) is 0 Å². The van der Waals surface area contributed by atoms with E-state index in [2.05, 4.69) is 20.5 Å². The van der Waals surface area contributed by atoms with Crippen molar-refractivity contribution in [2.24, 2.45) is 0 Å². The van der Waals surface area contributed by atoms with Crippen molar-refractivity contribution in [1.82, 2.24) is 20.5 Å². The molecule has 0 atom stereocenters. The lowest BCUT2D eigenvalue weighted by Crippen LogP contribution is -2.15. The molecule has 5 nitrogen and oxygen atoms in total. The van der Waals surface area contributed by atoms with E-state index in [0.29, 0.717) is 0 Å². The van der Waals surface area contributed by atoms with Gasteiger partial charge in [0, 0.05) is 43.8 Å². The standard InChI is InChI=1S/C15H22N4O/c1-20-9-4-2-3-7-16-11-14-12-18-19-15(14)13-6-5-8-17-10-13/h5-6,8,10,12,16H,2-4,7,9,11H2,1H3,(H,18,19). The lowest BCUT2D eigenvalue weighted by molar-refractivity contribution is 0.192. The number of hydrogen-bond donors (Lipinski definition) is 2. The highest BCUT2D eigenvalue weighted by atomic mass is 16.5. The van der Waals surface area contributed by atoms with E-state index in [-0.39, 0.29) is 0 Å². The van der Waals surface area contributed by atoms with Gasteiger partial charge < -0.3 is 10.1 Å². The number of rotatable bonds is 9. The zero-order chi connectivity index (χ0) is 14.0. The second-order valence-corrected chi connectivity index (χ2v) is 4.74. The minimum absolute atomic E-state index is 0.824. The van der Waals surface area contributed by atoms with Crippen LogP contribution in [0.15, 0.2) is 30.7 Å². The molecule has 0 aliphatic carbocycles. The molecule has 0 saturated heterocycles. The van der Waals surface area contributed by atoms with Gasteiger partial charge in [-0.05, 0) is 37.9 Å². The number of unbranched alkanes of at least 4 members (excludes halogenated alkanes) is 2. The van der Waals surface area contributed by atoms with Crippen LogP contribution in [-0.2, 0) is 11.3 Å². The van der Waals surface area contributed by atoms with Crippen molar-refractivity contribution in [3.05, 3.63) is 36.3 Å². The molecule has 5 heteroatoms. The molecular weight excluding hydrogens is 252 g/mol. The molecule has 2 N–H and O–H groups in total. The molecule has 108 valence electrons. The lowest BCUT2D eigenvalue weighted by atomic mass is 10.1. The summed E-state index contributed by atoms with van der Waals surface area (Å²) >= 11 is 0. The van der Waals surface area contributed by atoms with Gasteiger partial charge in [0.1, 0.15) is 0 Å². The van der Waals surface area contributed by atoms with Crippen molar-refractivity contribution < 1.29 is 4.74 Å². The first kappa shape index (κ1) is 14.7. The number of aromatic nitrogens is 3. The number of nitrogens with zero attached hydrogens (tertiary/aromatic N) is 2. The first-order chi connectivity index (χ1) is 9.92. The van der Waals surface area contributed by atoms with E-state index in [0.717, 1.165) is 37.4 Å². The van der Waals surface area contributed by atoms with Gasteiger partial charge in [-0.1, -0.05) is 0 Å². The van der Waals surface area contributed by atoms with Gasteiger partial charge in [0.25, 0.3) is 0 Å². The second-order valence-electron chi connectivity index (χ2n) is 4.74. The number of pyridine rings is 1. The minimum atomic E-state index is 0.824. The van der Waals surface area contributed by atoms with Crippen molar-refractivity contribution >= 4 is 0 Å². The molecule has 2 rings (SSSR count). The number of methoxy groups -OCH3 is 1. The van der Waals surface area contributed by atoms with E-state index in [1.165, 1.54) is 18.4 Å². The van der Waals surface area contributed by atoms with Crippen LogP contribution in [0.5, 0.6) is 0 Å². The fourth-order valence-corrected chi connectivity index (χ4v) is 2.10. The van der Waals surface area contributed by atoms with Crippen molar-refractivity contribution in [1.29, 1.82) is 0 Å². The summed E-state index contributed by atoms with van der Waals surface area (Å²) in [6.45, 7) is 2.69. The monoisotopic (exact) mass is 274 g/mol. The first-order valence-electron chi connectivity index (χ1n) is 7.04. The predicted octanol–water partition coefficient (Wildman–Crippen LogP) is 2.38. The zero-order valence-corrected chi connectivity index (χ0v) is 11.9. The molecule has 0 amide bonds. The van der Waals surface area contributed by atoms with Gasteiger partial charge >= 0.3 is 0 Å². The molecule has 20 heavy (non-hydrogen) atoms. The Morgan fingerprint density at radius 2 is 2.20 bits per heavy atom. The molecule has 0 aromatic carbocycles. The van der Waals surface area contributed by atoms with Gasteiger partial charge in [0.2, 0.25) is 0 Å². The third-order valence-corrected chi connectivity index (χ3v) is 3.19. The predicted molar refractivity (Wildman–Crippen MR) is 79.3 cm³/mol. The summed E-state index contributed by atoms with van der Waals surface area (Å²) in [6, 6.07) is 3.97. The Bertz CT molecular complexity index is 484. The van der Waals surface area contributed by atoms with Crippen LogP contribution in [0, 0.1) is 0 Å². The molecule has 0 unspecified atom stereocenters. The molecular formula is C15H22N4O. The van der Waals surface area contributed by atoms with Crippen molar-refractivity contribution in [2.75, 3.05) is 20.3 Å². The molecule has 2 heterocycles. The van der Waals surface area contributed by atoms with Crippen LogP contribution < -0.4 is 5.32 Å². The summed E-state index contributed by atoms with van der Waals surface area (Å²) in [5.41, 5.74) is 3.29. The maximum absolute atomic E-state index is 5.03. The third-order valence-electron chi connectivity index (χ3n) is 3.19. The largest absolute Gasteiger partial charge is 0.385 e. The average molecular weight is 274 g/mol. The van der Waals surface area contributed by atoms with Gasteiger partial charge in [0.15, 0.2) is 0 Å². The molecule has 0 spiro atoms. The van der Waals surface area contributed by atoms with E-state index < -0.39 is 0 Å². The first-order valence-corrected chi connectivity index (χ1v) is 7.04. The Hall–Kier alpha value is -1.72. The highest BCUT2D eigenvalue weighted by molar-refractivity contribution is 5.61. The fourth-order valence-electron chi connectivity index (χ4n) is 2.10. The SMILES string of the molecule is COCCCCCNCc1cn[nH]c1-c1cccnc1. The lowest BCUT2D eigenvalue weighted by Gasteiger charge is -2.05. The van der Waals surface area contributed by atoms with Crippen molar-refractivity contribution in [3.63, 3.8) is 0 Å². The van der Waals surface area contributed by atoms with E-state index in [1.54, 1.807) is 13.3 Å². The summed E-state index contributed by atoms with van der Waals surface area (Å²) in [7, 11) is 1.75. The Kier molecular flexibility index (Phi) is 6.20. The topological polar surface area (TPSA) is 62.8 Å². The summed E-state index contributed by atoms with van der Waals surface area (Å²) < 4.78 is 5.03. The van der Waals surface area contributed by atoms with Crippen LogP contribution in [0.1, 0.15) is 24.8 Å². The molecule has 0 aliphatic rings. The minimum Gasteiger partial charge on any atom is -0.385 e. The Balaban J connectivity index is 1.76. The van der Waals surface area contributed by atoms with Crippen molar-refractivity contribution in [2.45, 2.75) is 25.8 Å². The van der Waals surface area contributed by atoms with E-state index in [9.17, 15) is 0 Å². The third kappa shape index (κ3) is 4.43. The maximum atomic E-state index is 5.03. The molecule has 0 bridgehead atoms. The van der Waals surface area contributed by atoms with Crippen LogP contribution in [0.2, 0.25) is 0 Å². The van der Waals surface area contributed by atoms with E-state index >= 15 is 0 Å². The highest BCUT2D eigenvalue weighted by Crippen LogP contribution is 2.19. The number of H-pyrrole nitrogens is 1. The second kappa shape index (κ2) is 8.45. The van der Waals surface area contributed by atoms with Crippen LogP contribution >= 0.6 is 0 Å². The number of hydrogen-bond acceptors (Lipinski definition) is 4. The van der Waals surface area contributed by atoms with E-state index in [1.807, 2.05) is 24.5 Å². The summed E-state index contributed by atoms with van der Waals surface area (Å²) in [5.74, 6) is 0. The molecule has 0 saturated carbocycles. The molecule has 2 aromatic rings. The molecule has 2 aromatic heterocycles. The van der Waals surface area contributed by atoms with Crippen molar-refractivity contribution in [3.8, 4) is 11.3 Å². The van der Waals surface area contributed by atoms with E-state index in [4.69, 9.17) is 4.74 Å². The van der Waals surface area contributed by atoms with Gasteiger partial charge in [-0.3, -0.25) is 10.1 Å². The van der Waals surface area contributed by atoms with Gasteiger partial charge in [-0.2, -0.15) is 5.10 Å². The molecule has 0 aliphatic heterocycles. The molecule has 0 fully saturated rings.